The van der Waals surface area contributed by atoms with Gasteiger partial charge in [-0.15, -0.1) is 0 Å². The van der Waals surface area contributed by atoms with E-state index in [0.717, 1.165) is 0 Å². The molecule has 0 bridgehead atoms. The van der Waals surface area contributed by atoms with Gasteiger partial charge >= 0.3 is 5.97 Å². The van der Waals surface area contributed by atoms with Crippen LogP contribution in [0.3, 0.4) is 0 Å². The highest BCUT2D eigenvalue weighted by Crippen LogP contribution is 2.18. The molecule has 2 rings (SSSR count). The molecule has 1 unspecified atom stereocenters. The molecule has 1 atom stereocenters. The van der Waals surface area contributed by atoms with Gasteiger partial charge in [0.05, 0.1) is 17.4 Å². The summed E-state index contributed by atoms with van der Waals surface area (Å²) in [4.78, 5) is 27.6. The highest BCUT2D eigenvalue weighted by Gasteiger charge is 2.20. The van der Waals surface area contributed by atoms with Crippen molar-refractivity contribution in [2.24, 2.45) is 7.05 Å². The second kappa shape index (κ2) is 6.36. The van der Waals surface area contributed by atoms with Crippen LogP contribution in [0.1, 0.15) is 17.3 Å². The van der Waals surface area contributed by atoms with Crippen LogP contribution in [0.4, 0.5) is 5.69 Å². The second-order valence-electron chi connectivity index (χ2n) is 4.28. The summed E-state index contributed by atoms with van der Waals surface area (Å²) in [7, 11) is 1.68. The van der Waals surface area contributed by atoms with Crippen molar-refractivity contribution in [2.45, 2.75) is 13.0 Å². The zero-order valence-electron chi connectivity index (χ0n) is 11.4. The first kappa shape index (κ1) is 15.0. The predicted molar refractivity (Wildman–Crippen MR) is 76.0 cm³/mol. The van der Waals surface area contributed by atoms with Gasteiger partial charge in [-0.25, -0.2) is 9.78 Å². The molecule has 21 heavy (non-hydrogen) atoms. The minimum Gasteiger partial charge on any atom is -0.449 e. The number of aromatic nitrogens is 3. The Kier molecular flexibility index (Phi) is 4.54. The third-order valence-electron chi connectivity index (χ3n) is 2.61. The van der Waals surface area contributed by atoms with Crippen LogP contribution in [0.2, 0.25) is 5.15 Å². The van der Waals surface area contributed by atoms with Crippen molar-refractivity contribution >= 4 is 29.2 Å². The lowest BCUT2D eigenvalue weighted by molar-refractivity contribution is -0.123. The summed E-state index contributed by atoms with van der Waals surface area (Å²) >= 11 is 5.83. The molecule has 0 aliphatic heterocycles. The Labute approximate surface area is 125 Å². The first-order valence-electron chi connectivity index (χ1n) is 6.08. The number of carbonyl (C=O) groups is 2. The molecule has 0 spiro atoms. The number of amides is 1. The van der Waals surface area contributed by atoms with Gasteiger partial charge in [0.1, 0.15) is 0 Å². The lowest BCUT2D eigenvalue weighted by atomic mass is 10.3. The molecule has 0 fully saturated rings. The normalized spacial score (nSPS) is 11.8. The number of hydrogen-bond acceptors (Lipinski definition) is 5. The fraction of sp³-hybridized carbons (Fsp3) is 0.231. The van der Waals surface area contributed by atoms with E-state index in [2.05, 4.69) is 15.4 Å². The lowest BCUT2D eigenvalue weighted by Gasteiger charge is -2.13. The number of anilines is 1. The molecule has 7 nitrogen and oxygen atoms in total. The molecule has 0 aliphatic rings. The van der Waals surface area contributed by atoms with Gasteiger partial charge < -0.3 is 10.1 Å². The van der Waals surface area contributed by atoms with E-state index in [4.69, 9.17) is 16.3 Å². The monoisotopic (exact) mass is 308 g/mol. The minimum absolute atomic E-state index is 0.164. The summed E-state index contributed by atoms with van der Waals surface area (Å²) in [6.07, 6.45) is 3.40. The molecule has 0 radical (unpaired) electrons. The van der Waals surface area contributed by atoms with E-state index in [1.165, 1.54) is 30.2 Å². The topological polar surface area (TPSA) is 86.1 Å². The largest absolute Gasteiger partial charge is 0.449 e. The van der Waals surface area contributed by atoms with Gasteiger partial charge in [-0.05, 0) is 19.1 Å². The third-order valence-corrected chi connectivity index (χ3v) is 2.91. The van der Waals surface area contributed by atoms with Crippen LogP contribution in [0, 0.1) is 0 Å². The third kappa shape index (κ3) is 3.79. The smallest absolute Gasteiger partial charge is 0.342 e. The van der Waals surface area contributed by atoms with Crippen LogP contribution in [0.15, 0.2) is 30.7 Å². The van der Waals surface area contributed by atoms with Gasteiger partial charge in [0.15, 0.2) is 11.3 Å². The zero-order chi connectivity index (χ0) is 15.4. The van der Waals surface area contributed by atoms with Crippen molar-refractivity contribution in [1.29, 1.82) is 0 Å². The Morgan fingerprint density at radius 1 is 1.48 bits per heavy atom. The van der Waals surface area contributed by atoms with Crippen LogP contribution in [0.5, 0.6) is 0 Å². The first-order valence-corrected chi connectivity index (χ1v) is 6.46. The van der Waals surface area contributed by atoms with Crippen LogP contribution in [-0.4, -0.2) is 32.7 Å². The molecule has 0 saturated heterocycles. The number of halogens is 1. The summed E-state index contributed by atoms with van der Waals surface area (Å²) in [5.41, 5.74) is 0.630. The Hall–Kier alpha value is -2.41. The molecule has 0 aliphatic carbocycles. The number of rotatable bonds is 4. The quantitative estimate of drug-likeness (QED) is 0.685. The van der Waals surface area contributed by atoms with E-state index in [0.29, 0.717) is 5.69 Å². The maximum Gasteiger partial charge on any atom is 0.342 e. The fourth-order valence-corrected chi connectivity index (χ4v) is 1.69. The van der Waals surface area contributed by atoms with Gasteiger partial charge in [-0.3, -0.25) is 9.48 Å². The molecule has 2 heterocycles. The number of hydrogen-bond donors (Lipinski definition) is 1. The highest BCUT2D eigenvalue weighted by molar-refractivity contribution is 6.32. The zero-order valence-corrected chi connectivity index (χ0v) is 12.2. The van der Waals surface area contributed by atoms with Crippen LogP contribution >= 0.6 is 11.6 Å². The van der Waals surface area contributed by atoms with E-state index >= 15 is 0 Å². The number of esters is 1. The van der Waals surface area contributed by atoms with Crippen molar-refractivity contribution in [3.05, 3.63) is 41.4 Å². The Morgan fingerprint density at radius 3 is 2.86 bits per heavy atom. The molecular weight excluding hydrogens is 296 g/mol. The molecule has 1 amide bonds. The maximum atomic E-state index is 11.9. The van der Waals surface area contributed by atoms with Crippen LogP contribution in [-0.2, 0) is 16.6 Å². The van der Waals surface area contributed by atoms with Crippen molar-refractivity contribution in [2.75, 3.05) is 5.32 Å². The number of pyridine rings is 1. The number of nitrogens with zero attached hydrogens (tertiary/aromatic N) is 3. The summed E-state index contributed by atoms with van der Waals surface area (Å²) in [5.74, 6) is -1.12. The van der Waals surface area contributed by atoms with Gasteiger partial charge in [0.2, 0.25) is 0 Å². The minimum atomic E-state index is -0.978. The van der Waals surface area contributed by atoms with E-state index in [-0.39, 0.29) is 10.7 Å². The molecular formula is C13H13ClN4O3. The highest BCUT2D eigenvalue weighted by atomic mass is 35.5. The molecule has 2 aromatic heterocycles. The van der Waals surface area contributed by atoms with E-state index in [9.17, 15) is 9.59 Å². The number of nitrogens with one attached hydrogen (secondary N) is 1. The Morgan fingerprint density at radius 2 is 2.24 bits per heavy atom. The summed E-state index contributed by atoms with van der Waals surface area (Å²) in [5, 5.41) is 6.56. The average molecular weight is 309 g/mol. The van der Waals surface area contributed by atoms with Gasteiger partial charge in [-0.2, -0.15) is 5.10 Å². The number of aryl methyl sites for hydroxylation is 1. The van der Waals surface area contributed by atoms with E-state index in [1.54, 1.807) is 19.2 Å². The Bertz CT molecular complexity index is 671. The molecule has 110 valence electrons. The lowest BCUT2D eigenvalue weighted by Crippen LogP contribution is -2.30. The van der Waals surface area contributed by atoms with Crippen molar-refractivity contribution in [3.8, 4) is 0 Å². The SMILES string of the molecule is CC(OC(=O)c1cnn(C)c1)C(=O)Nc1cccnc1Cl. The Balaban J connectivity index is 1.97. The number of ether oxygens (including phenoxy) is 1. The summed E-state index contributed by atoms with van der Waals surface area (Å²) in [6, 6.07) is 3.23. The summed E-state index contributed by atoms with van der Waals surface area (Å²) < 4.78 is 6.52. The fourth-order valence-electron chi connectivity index (χ4n) is 1.52. The molecule has 2 aromatic rings. The molecule has 0 saturated carbocycles. The van der Waals surface area contributed by atoms with Gasteiger partial charge in [0, 0.05) is 19.4 Å². The first-order chi connectivity index (χ1) is 9.97. The molecule has 1 N–H and O–H groups in total. The second-order valence-corrected chi connectivity index (χ2v) is 4.64. The maximum absolute atomic E-state index is 11.9. The van der Waals surface area contributed by atoms with Crippen LogP contribution < -0.4 is 5.32 Å². The van der Waals surface area contributed by atoms with Crippen molar-refractivity contribution < 1.29 is 14.3 Å². The van der Waals surface area contributed by atoms with E-state index in [1.807, 2.05) is 0 Å². The van der Waals surface area contributed by atoms with Crippen molar-refractivity contribution in [3.63, 3.8) is 0 Å². The standard InChI is InChI=1S/C13H13ClN4O3/c1-8(21-13(20)9-6-16-18(2)7-9)12(19)17-10-4-3-5-15-11(10)14/h3-8H,1-2H3,(H,17,19). The van der Waals surface area contributed by atoms with Crippen LogP contribution in [0.25, 0.3) is 0 Å². The molecule has 8 heteroatoms. The van der Waals surface area contributed by atoms with E-state index < -0.39 is 18.0 Å². The average Bonchev–Trinajstić information content (AvgIpc) is 2.88. The summed E-state index contributed by atoms with van der Waals surface area (Å²) in [6.45, 7) is 1.47. The van der Waals surface area contributed by atoms with Gasteiger partial charge in [0.25, 0.3) is 5.91 Å². The van der Waals surface area contributed by atoms with Crippen molar-refractivity contribution in [1.82, 2.24) is 14.8 Å². The molecule has 0 aromatic carbocycles. The predicted octanol–water partition coefficient (Wildman–Crippen LogP) is 1.65. The van der Waals surface area contributed by atoms with Gasteiger partial charge in [-0.1, -0.05) is 11.6 Å². The number of carbonyl (C=O) groups excluding carboxylic acids is 2.